The Balaban J connectivity index is 3.95. The Hall–Kier alpha value is -1.39. The minimum atomic E-state index is -0.858. The highest BCUT2D eigenvalue weighted by Crippen LogP contribution is 2.02. The molecule has 2 atom stereocenters. The lowest BCUT2D eigenvalue weighted by molar-refractivity contribution is -0.122. The second kappa shape index (κ2) is 16.5. The van der Waals surface area contributed by atoms with Crippen LogP contribution in [0.3, 0.4) is 0 Å². The Bertz CT molecular complexity index is 388. The van der Waals surface area contributed by atoms with Crippen molar-refractivity contribution in [3.8, 4) is 0 Å². The van der Waals surface area contributed by atoms with Crippen LogP contribution < -0.4 is 5.32 Å². The normalized spacial score (nSPS) is 14.7. The third-order valence-electron chi connectivity index (χ3n) is 3.62. The maximum absolute atomic E-state index is 11.6. The van der Waals surface area contributed by atoms with Crippen molar-refractivity contribution in [2.45, 2.75) is 77.4 Å². The van der Waals surface area contributed by atoms with Crippen LogP contribution in [-0.2, 0) is 4.79 Å². The molecular formula is C20H35NO3. The number of hydrogen-bond acceptors (Lipinski definition) is 3. The highest BCUT2D eigenvalue weighted by Gasteiger charge is 2.17. The van der Waals surface area contributed by atoms with Crippen molar-refractivity contribution in [3.63, 3.8) is 0 Å². The van der Waals surface area contributed by atoms with Crippen LogP contribution in [-0.4, -0.2) is 34.9 Å². The van der Waals surface area contributed by atoms with Crippen molar-refractivity contribution in [1.29, 1.82) is 0 Å². The SMILES string of the molecule is CC/C=C/CC/C=C/CC/C=C/C(O)C(CO)NC(=O)CCCC. The molecule has 0 aliphatic heterocycles. The van der Waals surface area contributed by atoms with E-state index in [1.807, 2.05) is 13.0 Å². The molecule has 0 spiro atoms. The minimum Gasteiger partial charge on any atom is -0.394 e. The summed E-state index contributed by atoms with van der Waals surface area (Å²) in [5, 5.41) is 22.0. The largest absolute Gasteiger partial charge is 0.394 e. The first kappa shape index (κ1) is 22.6. The summed E-state index contributed by atoms with van der Waals surface area (Å²) in [6, 6.07) is -0.633. The topological polar surface area (TPSA) is 69.6 Å². The first-order valence-electron chi connectivity index (χ1n) is 9.20. The summed E-state index contributed by atoms with van der Waals surface area (Å²) in [6.07, 6.45) is 18.6. The maximum Gasteiger partial charge on any atom is 0.220 e. The van der Waals surface area contributed by atoms with Crippen LogP contribution in [0.5, 0.6) is 0 Å². The van der Waals surface area contributed by atoms with Crippen LogP contribution >= 0.6 is 0 Å². The average Bonchev–Trinajstić information content (AvgIpc) is 2.59. The van der Waals surface area contributed by atoms with Gasteiger partial charge in [0.15, 0.2) is 0 Å². The maximum atomic E-state index is 11.6. The molecule has 0 aromatic heterocycles. The van der Waals surface area contributed by atoms with Crippen LogP contribution in [0.2, 0.25) is 0 Å². The Morgan fingerprint density at radius 2 is 1.58 bits per heavy atom. The number of rotatable bonds is 14. The van der Waals surface area contributed by atoms with E-state index >= 15 is 0 Å². The molecule has 0 radical (unpaired) electrons. The number of aliphatic hydroxyl groups is 2. The van der Waals surface area contributed by atoms with Gasteiger partial charge in [0, 0.05) is 6.42 Å². The van der Waals surface area contributed by atoms with Crippen molar-refractivity contribution in [2.75, 3.05) is 6.61 Å². The van der Waals surface area contributed by atoms with Crippen LogP contribution in [0.15, 0.2) is 36.5 Å². The minimum absolute atomic E-state index is 0.122. The molecule has 0 aliphatic rings. The fourth-order valence-electron chi connectivity index (χ4n) is 2.13. The molecule has 4 nitrogen and oxygen atoms in total. The first-order chi connectivity index (χ1) is 11.7. The predicted molar refractivity (Wildman–Crippen MR) is 101 cm³/mol. The molecule has 0 saturated carbocycles. The molecule has 0 rings (SSSR count). The van der Waals surface area contributed by atoms with Gasteiger partial charge in [0.2, 0.25) is 5.91 Å². The molecule has 0 aromatic rings. The molecule has 1 amide bonds. The molecule has 0 fully saturated rings. The van der Waals surface area contributed by atoms with Crippen LogP contribution in [0.4, 0.5) is 0 Å². The summed E-state index contributed by atoms with van der Waals surface area (Å²) in [6.45, 7) is 3.88. The summed E-state index contributed by atoms with van der Waals surface area (Å²) in [5.74, 6) is -0.122. The Morgan fingerprint density at radius 3 is 2.12 bits per heavy atom. The van der Waals surface area contributed by atoms with Gasteiger partial charge in [-0.05, 0) is 38.5 Å². The van der Waals surface area contributed by atoms with Crippen LogP contribution in [0.25, 0.3) is 0 Å². The second-order valence-electron chi connectivity index (χ2n) is 5.88. The van der Waals surface area contributed by atoms with Crippen molar-refractivity contribution >= 4 is 5.91 Å². The van der Waals surface area contributed by atoms with Gasteiger partial charge in [0.1, 0.15) is 0 Å². The highest BCUT2D eigenvalue weighted by molar-refractivity contribution is 5.76. The molecule has 0 bridgehead atoms. The van der Waals surface area contributed by atoms with Gasteiger partial charge < -0.3 is 15.5 Å². The molecule has 138 valence electrons. The standard InChI is InChI=1S/C20H35NO3/c1-3-5-7-8-9-10-11-12-13-14-15-19(23)18(17-22)21-20(24)16-6-4-2/h5,7,10-11,14-15,18-19,22-23H,3-4,6,8-9,12-13,16-17H2,1-2H3,(H,21,24)/b7-5+,11-10+,15-14+. The lowest BCUT2D eigenvalue weighted by Crippen LogP contribution is -2.45. The van der Waals surface area contributed by atoms with Crippen LogP contribution in [0.1, 0.15) is 65.2 Å². The van der Waals surface area contributed by atoms with E-state index in [0.717, 1.165) is 44.9 Å². The molecule has 24 heavy (non-hydrogen) atoms. The van der Waals surface area contributed by atoms with Gasteiger partial charge in [0.05, 0.1) is 18.8 Å². The number of unbranched alkanes of at least 4 members (excludes halogenated alkanes) is 3. The molecule has 0 saturated heterocycles. The van der Waals surface area contributed by atoms with Crippen molar-refractivity contribution in [2.24, 2.45) is 0 Å². The van der Waals surface area contributed by atoms with Crippen molar-refractivity contribution in [3.05, 3.63) is 36.5 Å². The van der Waals surface area contributed by atoms with Gasteiger partial charge in [-0.1, -0.05) is 56.7 Å². The van der Waals surface area contributed by atoms with Gasteiger partial charge in [-0.3, -0.25) is 4.79 Å². The van der Waals surface area contributed by atoms with Gasteiger partial charge in [-0.2, -0.15) is 0 Å². The van der Waals surface area contributed by atoms with Gasteiger partial charge in [-0.25, -0.2) is 0 Å². The van der Waals surface area contributed by atoms with E-state index in [2.05, 4.69) is 36.5 Å². The highest BCUT2D eigenvalue weighted by atomic mass is 16.3. The number of allylic oxidation sites excluding steroid dienone is 5. The summed E-state index contributed by atoms with van der Waals surface area (Å²) >= 11 is 0. The fraction of sp³-hybridized carbons (Fsp3) is 0.650. The summed E-state index contributed by atoms with van der Waals surface area (Å²) in [7, 11) is 0. The Labute approximate surface area is 147 Å². The predicted octanol–water partition coefficient (Wildman–Crippen LogP) is 3.65. The van der Waals surface area contributed by atoms with Crippen LogP contribution in [0, 0.1) is 0 Å². The third kappa shape index (κ3) is 13.1. The smallest absolute Gasteiger partial charge is 0.220 e. The van der Waals surface area contributed by atoms with E-state index < -0.39 is 12.1 Å². The van der Waals surface area contributed by atoms with E-state index in [1.165, 1.54) is 0 Å². The molecular weight excluding hydrogens is 302 g/mol. The molecule has 0 aliphatic carbocycles. The Morgan fingerprint density at radius 1 is 1.00 bits per heavy atom. The summed E-state index contributed by atoms with van der Waals surface area (Å²) in [5.41, 5.74) is 0. The zero-order valence-corrected chi connectivity index (χ0v) is 15.3. The van der Waals surface area contributed by atoms with Crippen molar-refractivity contribution in [1.82, 2.24) is 5.32 Å². The number of aliphatic hydroxyl groups excluding tert-OH is 2. The van der Waals surface area contributed by atoms with E-state index in [4.69, 9.17) is 0 Å². The van der Waals surface area contributed by atoms with Gasteiger partial charge in [-0.15, -0.1) is 0 Å². The molecule has 0 heterocycles. The third-order valence-corrected chi connectivity index (χ3v) is 3.62. The zero-order chi connectivity index (χ0) is 18.0. The van der Waals surface area contributed by atoms with E-state index in [0.29, 0.717) is 6.42 Å². The van der Waals surface area contributed by atoms with E-state index in [-0.39, 0.29) is 12.5 Å². The molecule has 2 unspecified atom stereocenters. The molecule has 3 N–H and O–H groups in total. The zero-order valence-electron chi connectivity index (χ0n) is 15.3. The van der Waals surface area contributed by atoms with E-state index in [9.17, 15) is 15.0 Å². The number of nitrogens with one attached hydrogen (secondary N) is 1. The molecule has 4 heteroatoms. The van der Waals surface area contributed by atoms with E-state index in [1.54, 1.807) is 6.08 Å². The number of hydrogen-bond donors (Lipinski definition) is 3. The number of carbonyl (C=O) groups is 1. The Kier molecular flexibility index (Phi) is 15.5. The number of amides is 1. The quantitative estimate of drug-likeness (QED) is 0.335. The summed E-state index contributed by atoms with van der Waals surface area (Å²) in [4.78, 5) is 11.6. The second-order valence-corrected chi connectivity index (χ2v) is 5.88. The lowest BCUT2D eigenvalue weighted by Gasteiger charge is -2.19. The molecule has 0 aromatic carbocycles. The number of carbonyl (C=O) groups excluding carboxylic acids is 1. The monoisotopic (exact) mass is 337 g/mol. The van der Waals surface area contributed by atoms with Gasteiger partial charge >= 0.3 is 0 Å². The summed E-state index contributed by atoms with van der Waals surface area (Å²) < 4.78 is 0. The van der Waals surface area contributed by atoms with Crippen molar-refractivity contribution < 1.29 is 15.0 Å². The van der Waals surface area contributed by atoms with Gasteiger partial charge in [0.25, 0.3) is 0 Å². The average molecular weight is 338 g/mol. The fourth-order valence-corrected chi connectivity index (χ4v) is 2.13. The lowest BCUT2D eigenvalue weighted by atomic mass is 10.1. The first-order valence-corrected chi connectivity index (χ1v) is 9.20.